The lowest BCUT2D eigenvalue weighted by molar-refractivity contribution is 0.0801. The van der Waals surface area contributed by atoms with E-state index in [4.69, 9.17) is 15.1 Å². The van der Waals surface area contributed by atoms with Gasteiger partial charge in [0.05, 0.1) is 0 Å². The highest BCUT2D eigenvalue weighted by molar-refractivity contribution is 7.87. The van der Waals surface area contributed by atoms with Gasteiger partial charge in [-0.3, -0.25) is 9.80 Å². The Morgan fingerprint density at radius 3 is 2.58 bits per heavy atom. The van der Waals surface area contributed by atoms with E-state index in [1.165, 1.54) is 18.4 Å². The van der Waals surface area contributed by atoms with Crippen molar-refractivity contribution in [1.82, 2.24) is 34.8 Å². The molecular formula is C30H40N10O2S. The first-order valence-electron chi connectivity index (χ1n) is 15.2. The van der Waals surface area contributed by atoms with Crippen LogP contribution in [0, 0.1) is 0 Å². The van der Waals surface area contributed by atoms with Gasteiger partial charge in [0.15, 0.2) is 0 Å². The van der Waals surface area contributed by atoms with Crippen molar-refractivity contribution in [3.63, 3.8) is 0 Å². The normalized spacial score (nSPS) is 27.0. The summed E-state index contributed by atoms with van der Waals surface area (Å²) in [7, 11) is -3.81. The lowest BCUT2D eigenvalue weighted by atomic mass is 10.1. The van der Waals surface area contributed by atoms with Gasteiger partial charge in [-0.25, -0.2) is 20.1 Å². The number of hydrogen-bond acceptors (Lipinski definition) is 10. The molecule has 8 heterocycles. The molecule has 1 spiro atoms. The molecule has 5 N–H and O–H groups in total. The van der Waals surface area contributed by atoms with E-state index in [2.05, 4.69) is 59.3 Å². The van der Waals surface area contributed by atoms with E-state index < -0.39 is 10.2 Å². The van der Waals surface area contributed by atoms with Gasteiger partial charge in [-0.1, -0.05) is 12.1 Å². The first kappa shape index (κ1) is 28.6. The van der Waals surface area contributed by atoms with Gasteiger partial charge >= 0.3 is 0 Å². The summed E-state index contributed by atoms with van der Waals surface area (Å²) in [4.78, 5) is 21.3. The van der Waals surface area contributed by atoms with Gasteiger partial charge in [0.25, 0.3) is 10.2 Å². The van der Waals surface area contributed by atoms with Crippen molar-refractivity contribution in [2.45, 2.75) is 49.9 Å². The molecule has 10 rings (SSSR count). The Hall–Kier alpha value is -3.20. The van der Waals surface area contributed by atoms with E-state index in [1.54, 1.807) is 6.20 Å². The van der Waals surface area contributed by atoms with E-state index in [9.17, 15) is 8.42 Å². The summed E-state index contributed by atoms with van der Waals surface area (Å²) in [6.45, 7) is 7.52. The zero-order valence-corrected chi connectivity index (χ0v) is 25.1. The maximum absolute atomic E-state index is 11.8. The van der Waals surface area contributed by atoms with Crippen molar-refractivity contribution >= 4 is 27.7 Å². The smallest absolute Gasteiger partial charge is 0.274 e. The summed E-state index contributed by atoms with van der Waals surface area (Å²) < 4.78 is 26.2. The molecule has 6 aliphatic heterocycles. The quantitative estimate of drug-likeness (QED) is 0.341. The molecule has 2 atom stereocenters. The molecule has 13 heteroatoms. The first-order valence-corrected chi connectivity index (χ1v) is 16.8. The minimum atomic E-state index is -3.81. The largest absolute Gasteiger partial charge is 0.340 e. The first-order chi connectivity index (χ1) is 20.8. The molecular weight excluding hydrogens is 564 g/mol. The van der Waals surface area contributed by atoms with Crippen LogP contribution < -0.4 is 25.4 Å². The van der Waals surface area contributed by atoms with E-state index in [-0.39, 0.29) is 17.6 Å². The fourth-order valence-corrected chi connectivity index (χ4v) is 7.56. The van der Waals surface area contributed by atoms with Crippen LogP contribution in [-0.4, -0.2) is 96.6 Å². The Morgan fingerprint density at radius 1 is 1.00 bits per heavy atom. The molecule has 0 radical (unpaired) electrons. The van der Waals surface area contributed by atoms with Crippen LogP contribution in [0.1, 0.15) is 31.2 Å². The molecule has 43 heavy (non-hydrogen) atoms. The average molecular weight is 605 g/mol. The monoisotopic (exact) mass is 604 g/mol. The Kier molecular flexibility index (Phi) is 7.78. The summed E-state index contributed by atoms with van der Waals surface area (Å²) in [5, 5.41) is 12.5. The van der Waals surface area contributed by atoms with Crippen molar-refractivity contribution in [2.75, 3.05) is 56.0 Å². The van der Waals surface area contributed by atoms with Crippen LogP contribution in [0.3, 0.4) is 0 Å². The van der Waals surface area contributed by atoms with Crippen LogP contribution >= 0.6 is 0 Å². The van der Waals surface area contributed by atoms with E-state index >= 15 is 0 Å². The lowest BCUT2D eigenvalue weighted by Crippen LogP contribution is -2.54. The maximum atomic E-state index is 11.8. The second kappa shape index (κ2) is 11.7. The van der Waals surface area contributed by atoms with Crippen molar-refractivity contribution in [3.8, 4) is 11.1 Å². The van der Waals surface area contributed by atoms with Crippen LogP contribution in [0.4, 0.5) is 17.5 Å². The molecule has 12 nitrogen and oxygen atoms in total. The molecule has 3 fully saturated rings. The second-order valence-corrected chi connectivity index (χ2v) is 13.7. The summed E-state index contributed by atoms with van der Waals surface area (Å²) in [6.07, 6.45) is 9.41. The van der Waals surface area contributed by atoms with Crippen molar-refractivity contribution < 1.29 is 8.42 Å². The third kappa shape index (κ3) is 6.66. The molecule has 228 valence electrons. The minimum absolute atomic E-state index is 0.0876. The van der Waals surface area contributed by atoms with E-state index in [0.29, 0.717) is 18.9 Å². The van der Waals surface area contributed by atoms with Gasteiger partial charge in [-0.15, -0.1) is 0 Å². The number of nitrogens with one attached hydrogen (secondary N) is 3. The number of aromatic nitrogens is 3. The lowest BCUT2D eigenvalue weighted by Gasteiger charge is -2.40. The van der Waals surface area contributed by atoms with Gasteiger partial charge in [0.2, 0.25) is 5.95 Å². The maximum Gasteiger partial charge on any atom is 0.274 e. The zero-order chi connectivity index (χ0) is 29.4. The zero-order valence-electron chi connectivity index (χ0n) is 24.3. The fourth-order valence-electron chi connectivity index (χ4n) is 6.92. The van der Waals surface area contributed by atoms with E-state index in [1.807, 2.05) is 24.5 Å². The Balaban J connectivity index is 1.16. The van der Waals surface area contributed by atoms with Gasteiger partial charge in [0, 0.05) is 93.3 Å². The molecule has 1 aliphatic carbocycles. The molecule has 0 amide bonds. The highest BCUT2D eigenvalue weighted by Crippen LogP contribution is 2.41. The van der Waals surface area contributed by atoms with Crippen molar-refractivity contribution in [3.05, 3.63) is 60.6 Å². The molecule has 2 unspecified atom stereocenters. The summed E-state index contributed by atoms with van der Waals surface area (Å²) >= 11 is 0. The average Bonchev–Trinajstić information content (AvgIpc) is 3.68. The van der Waals surface area contributed by atoms with Crippen LogP contribution in [0.5, 0.6) is 0 Å². The molecule has 7 aliphatic rings. The Bertz CT molecular complexity index is 1540. The molecule has 8 bridgehead atoms. The number of hydrogen-bond donors (Lipinski definition) is 4. The molecule has 2 saturated heterocycles. The highest BCUT2D eigenvalue weighted by atomic mass is 32.2. The van der Waals surface area contributed by atoms with Gasteiger partial charge in [0.1, 0.15) is 5.82 Å². The number of nitrogens with two attached hydrogens (primary N) is 1. The van der Waals surface area contributed by atoms with Crippen LogP contribution in [0.15, 0.2) is 55.0 Å². The van der Waals surface area contributed by atoms with Crippen LogP contribution in [0.2, 0.25) is 0 Å². The van der Waals surface area contributed by atoms with Gasteiger partial charge in [-0.2, -0.15) is 13.1 Å². The molecule has 3 aromatic rings. The molecule has 1 aromatic carbocycles. The predicted octanol–water partition coefficient (Wildman–Crippen LogP) is 1.67. The number of pyridine rings is 1. The Morgan fingerprint density at radius 2 is 1.81 bits per heavy atom. The van der Waals surface area contributed by atoms with Crippen LogP contribution in [0.25, 0.3) is 11.1 Å². The number of benzene rings is 1. The standard InChI is InChI=1S/C30H40N10O2S/c31-43(41,42)37-26-16-27-5-8-32-21-30(6-7-30)39-12-10-38(11-13-39)19-22-2-1-3-25(14-22)36-28-15-23(4-9-33-28)24-17-34-29(35-18-24)40(27)20-26/h1-4,9,14-15,17-18,26-27,32,37H,5-8,10-13,16,19-21H2,(H,33,36)(H2,31,41,42). The number of nitrogens with zero attached hydrogens (tertiary/aromatic N) is 6. The number of anilines is 3. The number of rotatable bonds is 2. The summed E-state index contributed by atoms with van der Waals surface area (Å²) in [5.41, 5.74) is 4.41. The third-order valence-electron chi connectivity index (χ3n) is 9.32. The minimum Gasteiger partial charge on any atom is -0.340 e. The molecule has 2 aromatic heterocycles. The molecule has 1 saturated carbocycles. The summed E-state index contributed by atoms with van der Waals surface area (Å²) in [5.74, 6) is 1.34. The van der Waals surface area contributed by atoms with Crippen molar-refractivity contribution in [1.29, 1.82) is 0 Å². The second-order valence-electron chi connectivity index (χ2n) is 12.4. The van der Waals surface area contributed by atoms with Crippen molar-refractivity contribution in [2.24, 2.45) is 5.14 Å². The fraction of sp³-hybridized carbons (Fsp3) is 0.500. The van der Waals surface area contributed by atoms with E-state index in [0.717, 1.165) is 74.9 Å². The van der Waals surface area contributed by atoms with Gasteiger partial charge in [-0.05, 0) is 67.6 Å². The van der Waals surface area contributed by atoms with Gasteiger partial charge < -0.3 is 15.5 Å². The number of piperazine rings is 1. The summed E-state index contributed by atoms with van der Waals surface area (Å²) in [6, 6.07) is 12.3. The SMILES string of the molecule is NS(=O)(=O)NC1CC2CCNCC3(CC3)N3CCN(CC3)Cc3cccc(c3)Nc3cc(ccn3)-c3cnc(nc3)N2C1. The van der Waals surface area contributed by atoms with Crippen LogP contribution in [-0.2, 0) is 16.8 Å². The third-order valence-corrected chi connectivity index (χ3v) is 9.98. The highest BCUT2D eigenvalue weighted by Gasteiger charge is 2.48. The topological polar surface area (TPSA) is 145 Å². The predicted molar refractivity (Wildman–Crippen MR) is 167 cm³/mol. The Labute approximate surface area is 253 Å².